The summed E-state index contributed by atoms with van der Waals surface area (Å²) < 4.78 is 0. The van der Waals surface area contributed by atoms with Crippen molar-refractivity contribution in [2.75, 3.05) is 0 Å². The molecule has 0 unspecified atom stereocenters. The van der Waals surface area contributed by atoms with Crippen molar-refractivity contribution in [3.05, 3.63) is 26.8 Å². The first-order valence-electron chi connectivity index (χ1n) is 7.82. The molecule has 1 aromatic carbocycles. The molecule has 136 valence electrons. The number of nitrogens with one attached hydrogen (secondary N) is 2. The van der Waals surface area contributed by atoms with Crippen LogP contribution in [0.5, 0.6) is 11.5 Å². The van der Waals surface area contributed by atoms with E-state index in [4.69, 9.17) is 11.6 Å². The molecule has 0 saturated heterocycles. The Bertz CT molecular complexity index is 701. The van der Waals surface area contributed by atoms with E-state index in [0.29, 0.717) is 0 Å². The number of hydrogen-bond acceptors (Lipinski definition) is 6. The summed E-state index contributed by atoms with van der Waals surface area (Å²) in [5.41, 5.74) is -1.76. The highest BCUT2D eigenvalue weighted by Gasteiger charge is 2.32. The Balaban J connectivity index is 2.16. The number of benzene rings is 1. The molecule has 0 atom stereocenters. The minimum Gasteiger partial charge on any atom is -0.504 e. The van der Waals surface area contributed by atoms with Gasteiger partial charge in [0.2, 0.25) is 5.75 Å². The van der Waals surface area contributed by atoms with E-state index in [0.717, 1.165) is 44.6 Å². The summed E-state index contributed by atoms with van der Waals surface area (Å²) in [4.78, 5) is 34.2. The van der Waals surface area contributed by atoms with Crippen LogP contribution in [-0.4, -0.2) is 33.1 Å². The first kappa shape index (κ1) is 18.8. The normalized spacial score (nSPS) is 15.2. The smallest absolute Gasteiger partial charge is 0.328 e. The van der Waals surface area contributed by atoms with Crippen molar-refractivity contribution < 1.29 is 24.7 Å². The van der Waals surface area contributed by atoms with Crippen LogP contribution >= 0.6 is 11.6 Å². The number of amides is 3. The largest absolute Gasteiger partial charge is 0.504 e. The Morgan fingerprint density at radius 1 is 1.20 bits per heavy atom. The standard InChI is InChI=1S/C15H18ClN3O6/c16-9-7-10(20)13(21)12(19(24)25)11(9)14(22)18-15(23)17-8-5-3-1-2-4-6-8/h7-8,20-21H,1-6H2,(H2,17,18,22,23). The lowest BCUT2D eigenvalue weighted by Gasteiger charge is -2.16. The van der Waals surface area contributed by atoms with Crippen LogP contribution < -0.4 is 10.6 Å². The van der Waals surface area contributed by atoms with Gasteiger partial charge in [-0.3, -0.25) is 20.2 Å². The Kier molecular flexibility index (Phi) is 6.02. The molecule has 1 aromatic rings. The lowest BCUT2D eigenvalue weighted by molar-refractivity contribution is -0.386. The fraction of sp³-hybridized carbons (Fsp3) is 0.467. The molecule has 0 aliphatic heterocycles. The average Bonchev–Trinajstić information content (AvgIpc) is 2.78. The van der Waals surface area contributed by atoms with E-state index in [1.54, 1.807) is 0 Å². The number of aromatic hydroxyl groups is 2. The second-order valence-corrected chi connectivity index (χ2v) is 6.23. The zero-order chi connectivity index (χ0) is 18.6. The number of carbonyl (C=O) groups excluding carboxylic acids is 2. The molecule has 0 bridgehead atoms. The van der Waals surface area contributed by atoms with Gasteiger partial charge in [0.15, 0.2) is 5.75 Å². The molecule has 25 heavy (non-hydrogen) atoms. The summed E-state index contributed by atoms with van der Waals surface area (Å²) in [6, 6.07) is -0.0778. The first-order chi connectivity index (χ1) is 11.8. The number of nitro benzene ring substituents is 1. The molecule has 2 rings (SSSR count). The molecule has 0 aromatic heterocycles. The van der Waals surface area contributed by atoms with Crippen molar-refractivity contribution >= 4 is 29.2 Å². The number of rotatable bonds is 3. The monoisotopic (exact) mass is 371 g/mol. The van der Waals surface area contributed by atoms with Gasteiger partial charge < -0.3 is 15.5 Å². The van der Waals surface area contributed by atoms with E-state index in [-0.39, 0.29) is 6.04 Å². The number of phenolic OH excluding ortho intramolecular Hbond substituents is 2. The van der Waals surface area contributed by atoms with Gasteiger partial charge in [-0.15, -0.1) is 0 Å². The average molecular weight is 372 g/mol. The van der Waals surface area contributed by atoms with Gasteiger partial charge in [-0.2, -0.15) is 0 Å². The van der Waals surface area contributed by atoms with Crippen LogP contribution in [0.2, 0.25) is 5.02 Å². The van der Waals surface area contributed by atoms with Gasteiger partial charge in [0, 0.05) is 12.1 Å². The molecule has 1 fully saturated rings. The highest BCUT2D eigenvalue weighted by molar-refractivity contribution is 6.35. The molecular weight excluding hydrogens is 354 g/mol. The van der Waals surface area contributed by atoms with E-state index < -0.39 is 44.6 Å². The molecule has 0 radical (unpaired) electrons. The van der Waals surface area contributed by atoms with Crippen molar-refractivity contribution in [1.82, 2.24) is 10.6 Å². The van der Waals surface area contributed by atoms with Gasteiger partial charge in [0.05, 0.1) is 9.95 Å². The van der Waals surface area contributed by atoms with Crippen molar-refractivity contribution in [2.24, 2.45) is 0 Å². The molecule has 10 heteroatoms. The third-order valence-corrected chi connectivity index (χ3v) is 4.33. The van der Waals surface area contributed by atoms with Gasteiger partial charge >= 0.3 is 11.7 Å². The van der Waals surface area contributed by atoms with Gasteiger partial charge in [0.1, 0.15) is 5.56 Å². The zero-order valence-electron chi connectivity index (χ0n) is 13.2. The van der Waals surface area contributed by atoms with E-state index in [1.807, 2.05) is 5.32 Å². The molecule has 1 saturated carbocycles. The van der Waals surface area contributed by atoms with Crippen LogP contribution in [0.15, 0.2) is 6.07 Å². The summed E-state index contributed by atoms with van der Waals surface area (Å²) in [6.07, 6.45) is 5.72. The molecule has 3 amide bonds. The van der Waals surface area contributed by atoms with Crippen LogP contribution in [0.4, 0.5) is 10.5 Å². The van der Waals surface area contributed by atoms with E-state index in [2.05, 4.69) is 5.32 Å². The zero-order valence-corrected chi connectivity index (χ0v) is 14.0. The highest BCUT2D eigenvalue weighted by atomic mass is 35.5. The number of imide groups is 1. The highest BCUT2D eigenvalue weighted by Crippen LogP contribution is 2.41. The van der Waals surface area contributed by atoms with Gasteiger partial charge in [0.25, 0.3) is 5.91 Å². The second kappa shape index (κ2) is 8.02. The molecular formula is C15H18ClN3O6. The molecule has 1 aliphatic rings. The predicted octanol–water partition coefficient (Wildman–Crippen LogP) is 2.82. The van der Waals surface area contributed by atoms with E-state index >= 15 is 0 Å². The number of phenols is 2. The third kappa shape index (κ3) is 4.50. The van der Waals surface area contributed by atoms with E-state index in [1.165, 1.54) is 0 Å². The van der Waals surface area contributed by atoms with Crippen LogP contribution in [0.3, 0.4) is 0 Å². The number of nitrogens with zero attached hydrogens (tertiary/aromatic N) is 1. The first-order valence-corrected chi connectivity index (χ1v) is 8.19. The maximum absolute atomic E-state index is 12.2. The molecule has 0 spiro atoms. The fourth-order valence-corrected chi connectivity index (χ4v) is 3.10. The summed E-state index contributed by atoms with van der Waals surface area (Å²) in [5.74, 6) is -3.07. The minimum atomic E-state index is -1.14. The molecule has 0 heterocycles. The number of halogens is 1. The van der Waals surface area contributed by atoms with Crippen molar-refractivity contribution in [1.29, 1.82) is 0 Å². The number of nitro groups is 1. The van der Waals surface area contributed by atoms with Crippen molar-refractivity contribution in [3.8, 4) is 11.5 Å². The lowest BCUT2D eigenvalue weighted by Crippen LogP contribution is -2.44. The van der Waals surface area contributed by atoms with Gasteiger partial charge in [-0.25, -0.2) is 4.79 Å². The van der Waals surface area contributed by atoms with E-state index in [9.17, 15) is 29.9 Å². The topological polar surface area (TPSA) is 142 Å². The number of hydrogen-bond donors (Lipinski definition) is 4. The van der Waals surface area contributed by atoms with Crippen LogP contribution in [0, 0.1) is 10.1 Å². The van der Waals surface area contributed by atoms with Crippen LogP contribution in [-0.2, 0) is 0 Å². The molecule has 9 nitrogen and oxygen atoms in total. The van der Waals surface area contributed by atoms with Crippen LogP contribution in [0.1, 0.15) is 48.9 Å². The summed E-state index contributed by atoms with van der Waals surface area (Å²) in [5, 5.41) is 34.3. The Morgan fingerprint density at radius 2 is 1.80 bits per heavy atom. The number of carbonyl (C=O) groups is 2. The Labute approximate surface area is 148 Å². The van der Waals surface area contributed by atoms with Gasteiger partial charge in [-0.05, 0) is 12.8 Å². The predicted molar refractivity (Wildman–Crippen MR) is 88.9 cm³/mol. The Morgan fingerprint density at radius 3 is 2.36 bits per heavy atom. The maximum Gasteiger partial charge on any atom is 0.328 e. The lowest BCUT2D eigenvalue weighted by atomic mass is 10.1. The summed E-state index contributed by atoms with van der Waals surface area (Å²) in [6.45, 7) is 0. The van der Waals surface area contributed by atoms with Crippen LogP contribution in [0.25, 0.3) is 0 Å². The van der Waals surface area contributed by atoms with Gasteiger partial charge in [-0.1, -0.05) is 37.3 Å². The Hall–Kier alpha value is -2.55. The SMILES string of the molecule is O=C(NC(=O)c1c(Cl)cc(O)c(O)c1[N+](=O)[O-])NC1CCCCCC1. The summed E-state index contributed by atoms with van der Waals surface area (Å²) >= 11 is 5.77. The fourth-order valence-electron chi connectivity index (χ4n) is 2.82. The molecule has 4 N–H and O–H groups in total. The van der Waals surface area contributed by atoms with Crippen molar-refractivity contribution in [3.63, 3.8) is 0 Å². The van der Waals surface area contributed by atoms with Crippen molar-refractivity contribution in [2.45, 2.75) is 44.6 Å². The number of urea groups is 1. The molecule has 1 aliphatic carbocycles. The maximum atomic E-state index is 12.2. The quantitative estimate of drug-likeness (QED) is 0.278. The third-order valence-electron chi connectivity index (χ3n) is 4.03. The summed E-state index contributed by atoms with van der Waals surface area (Å²) in [7, 11) is 0. The minimum absolute atomic E-state index is 0.0750. The second-order valence-electron chi connectivity index (χ2n) is 5.82.